The molecule has 0 aliphatic rings. The van der Waals surface area contributed by atoms with Gasteiger partial charge in [-0.3, -0.25) is 0 Å². The number of para-hydroxylation sites is 1. The van der Waals surface area contributed by atoms with Crippen molar-refractivity contribution in [3.63, 3.8) is 0 Å². The van der Waals surface area contributed by atoms with E-state index in [-0.39, 0.29) is 0 Å². The molecule has 0 unspecified atom stereocenters. The molecule has 0 heterocycles. The quantitative estimate of drug-likeness (QED) is 0.625. The zero-order valence-corrected chi connectivity index (χ0v) is 13.2. The van der Waals surface area contributed by atoms with Crippen molar-refractivity contribution in [2.24, 2.45) is 0 Å². The van der Waals surface area contributed by atoms with Crippen molar-refractivity contribution < 1.29 is 9.47 Å². The first-order valence-electron chi connectivity index (χ1n) is 7.76. The maximum Gasteiger partial charge on any atom is 0.123 e. The molecule has 1 aromatic carbocycles. The van der Waals surface area contributed by atoms with E-state index in [1.165, 1.54) is 18.4 Å². The Morgan fingerprint density at radius 1 is 1.05 bits per heavy atom. The van der Waals surface area contributed by atoms with Crippen LogP contribution in [0.1, 0.15) is 45.6 Å². The highest BCUT2D eigenvalue weighted by molar-refractivity contribution is 5.33. The van der Waals surface area contributed by atoms with Crippen molar-refractivity contribution in [2.75, 3.05) is 19.8 Å². The lowest BCUT2D eigenvalue weighted by Crippen LogP contribution is -2.22. The highest BCUT2D eigenvalue weighted by Crippen LogP contribution is 2.17. The van der Waals surface area contributed by atoms with Gasteiger partial charge in [0.05, 0.1) is 6.61 Å². The minimum Gasteiger partial charge on any atom is -0.491 e. The molecule has 3 nitrogen and oxygen atoms in total. The molecule has 1 rings (SSSR count). The summed E-state index contributed by atoms with van der Waals surface area (Å²) in [4.78, 5) is 0. The summed E-state index contributed by atoms with van der Waals surface area (Å²) < 4.78 is 11.4. The van der Waals surface area contributed by atoms with Crippen LogP contribution in [0, 0.1) is 0 Å². The fourth-order valence-electron chi connectivity index (χ4n) is 1.87. The van der Waals surface area contributed by atoms with E-state index in [2.05, 4.69) is 32.2 Å². The Morgan fingerprint density at radius 3 is 2.60 bits per heavy atom. The van der Waals surface area contributed by atoms with Gasteiger partial charge in [-0.1, -0.05) is 51.8 Å². The van der Waals surface area contributed by atoms with E-state index < -0.39 is 0 Å². The Hall–Kier alpha value is -1.06. The molecule has 0 saturated carbocycles. The van der Waals surface area contributed by atoms with Crippen LogP contribution < -0.4 is 10.1 Å². The number of benzene rings is 1. The Kier molecular flexibility index (Phi) is 9.09. The summed E-state index contributed by atoms with van der Waals surface area (Å²) in [5.74, 6) is 0.956. The third kappa shape index (κ3) is 7.51. The van der Waals surface area contributed by atoms with Crippen molar-refractivity contribution in [3.8, 4) is 5.75 Å². The van der Waals surface area contributed by atoms with Gasteiger partial charge >= 0.3 is 0 Å². The fraction of sp³-hybridized carbons (Fsp3) is 0.647. The summed E-state index contributed by atoms with van der Waals surface area (Å²) in [6.45, 7) is 9.45. The smallest absolute Gasteiger partial charge is 0.123 e. The number of ether oxygens (including phenoxy) is 2. The highest BCUT2D eigenvalue weighted by Gasteiger charge is 2.03. The number of rotatable bonds is 11. The molecule has 0 aliphatic carbocycles. The maximum absolute atomic E-state index is 5.81. The summed E-state index contributed by atoms with van der Waals surface area (Å²) in [6, 6.07) is 8.66. The summed E-state index contributed by atoms with van der Waals surface area (Å²) in [6.07, 6.45) is 3.62. The predicted octanol–water partition coefficient (Wildman–Crippen LogP) is 3.77. The second kappa shape index (κ2) is 10.7. The largest absolute Gasteiger partial charge is 0.491 e. The normalized spacial score (nSPS) is 11.0. The van der Waals surface area contributed by atoms with Gasteiger partial charge in [0.15, 0.2) is 0 Å². The minimum atomic E-state index is 0.477. The van der Waals surface area contributed by atoms with Crippen LogP contribution in [0.3, 0.4) is 0 Å². The van der Waals surface area contributed by atoms with E-state index in [0.29, 0.717) is 19.3 Å². The molecular formula is C17H29NO2. The van der Waals surface area contributed by atoms with E-state index in [1.54, 1.807) is 0 Å². The molecule has 0 fully saturated rings. The van der Waals surface area contributed by atoms with Crippen molar-refractivity contribution in [3.05, 3.63) is 29.8 Å². The Balaban J connectivity index is 2.25. The SMILES string of the molecule is CCCCCOCCOc1ccccc1CNC(C)C. The van der Waals surface area contributed by atoms with Gasteiger partial charge in [0.2, 0.25) is 0 Å². The first-order valence-corrected chi connectivity index (χ1v) is 7.76. The lowest BCUT2D eigenvalue weighted by Gasteiger charge is -2.13. The zero-order valence-electron chi connectivity index (χ0n) is 13.2. The van der Waals surface area contributed by atoms with E-state index >= 15 is 0 Å². The van der Waals surface area contributed by atoms with Crippen LogP contribution in [0.15, 0.2) is 24.3 Å². The molecule has 0 spiro atoms. The van der Waals surface area contributed by atoms with Gasteiger partial charge in [0.1, 0.15) is 12.4 Å². The van der Waals surface area contributed by atoms with Crippen molar-refractivity contribution in [1.29, 1.82) is 0 Å². The van der Waals surface area contributed by atoms with Crippen molar-refractivity contribution >= 4 is 0 Å². The third-order valence-corrected chi connectivity index (χ3v) is 3.05. The topological polar surface area (TPSA) is 30.5 Å². The second-order valence-corrected chi connectivity index (χ2v) is 5.31. The Labute approximate surface area is 123 Å². The predicted molar refractivity (Wildman–Crippen MR) is 84.3 cm³/mol. The average Bonchev–Trinajstić information content (AvgIpc) is 2.45. The first kappa shape index (κ1) is 17.0. The average molecular weight is 279 g/mol. The van der Waals surface area contributed by atoms with E-state index in [1.807, 2.05) is 18.2 Å². The van der Waals surface area contributed by atoms with E-state index in [0.717, 1.165) is 25.3 Å². The maximum atomic E-state index is 5.81. The van der Waals surface area contributed by atoms with Crippen LogP contribution in [0.5, 0.6) is 5.75 Å². The molecular weight excluding hydrogens is 250 g/mol. The van der Waals surface area contributed by atoms with E-state index in [9.17, 15) is 0 Å². The second-order valence-electron chi connectivity index (χ2n) is 5.31. The highest BCUT2D eigenvalue weighted by atomic mass is 16.5. The molecule has 0 aromatic heterocycles. The molecule has 0 radical (unpaired) electrons. The molecule has 1 N–H and O–H groups in total. The first-order chi connectivity index (χ1) is 9.74. The molecule has 114 valence electrons. The van der Waals surface area contributed by atoms with Gasteiger partial charge in [-0.15, -0.1) is 0 Å². The lowest BCUT2D eigenvalue weighted by molar-refractivity contribution is 0.0970. The zero-order chi connectivity index (χ0) is 14.6. The standard InChI is InChI=1S/C17H29NO2/c1-4-5-8-11-19-12-13-20-17-10-7-6-9-16(17)14-18-15(2)3/h6-7,9-10,15,18H,4-5,8,11-14H2,1-3H3. The van der Waals surface area contributed by atoms with Gasteiger partial charge in [-0.05, 0) is 12.5 Å². The fourth-order valence-corrected chi connectivity index (χ4v) is 1.87. The van der Waals surface area contributed by atoms with Crippen LogP contribution in [-0.2, 0) is 11.3 Å². The van der Waals surface area contributed by atoms with Gasteiger partial charge in [-0.25, -0.2) is 0 Å². The van der Waals surface area contributed by atoms with E-state index in [4.69, 9.17) is 9.47 Å². The van der Waals surface area contributed by atoms with Gasteiger partial charge in [0, 0.05) is 24.8 Å². The van der Waals surface area contributed by atoms with Crippen LogP contribution in [0.2, 0.25) is 0 Å². The molecule has 0 aliphatic heterocycles. The molecule has 20 heavy (non-hydrogen) atoms. The summed E-state index contributed by atoms with van der Waals surface area (Å²) in [5.41, 5.74) is 1.20. The summed E-state index contributed by atoms with van der Waals surface area (Å²) in [5, 5.41) is 3.42. The van der Waals surface area contributed by atoms with Crippen molar-refractivity contribution in [1.82, 2.24) is 5.32 Å². The molecule has 0 saturated heterocycles. The number of nitrogens with one attached hydrogen (secondary N) is 1. The number of hydrogen-bond acceptors (Lipinski definition) is 3. The molecule has 3 heteroatoms. The molecule has 1 aromatic rings. The molecule has 0 atom stereocenters. The van der Waals surface area contributed by atoms with Crippen molar-refractivity contribution in [2.45, 2.75) is 52.6 Å². The minimum absolute atomic E-state index is 0.477. The van der Waals surface area contributed by atoms with Gasteiger partial charge in [-0.2, -0.15) is 0 Å². The Bertz CT molecular complexity index is 353. The Morgan fingerprint density at radius 2 is 1.85 bits per heavy atom. The monoisotopic (exact) mass is 279 g/mol. The molecule has 0 amide bonds. The number of hydrogen-bond donors (Lipinski definition) is 1. The van der Waals surface area contributed by atoms with Crippen LogP contribution in [0.4, 0.5) is 0 Å². The van der Waals surface area contributed by atoms with Gasteiger partial charge in [0.25, 0.3) is 0 Å². The van der Waals surface area contributed by atoms with Crippen LogP contribution in [-0.4, -0.2) is 25.9 Å². The van der Waals surface area contributed by atoms with Gasteiger partial charge < -0.3 is 14.8 Å². The van der Waals surface area contributed by atoms with Crippen LogP contribution >= 0.6 is 0 Å². The third-order valence-electron chi connectivity index (χ3n) is 3.05. The summed E-state index contributed by atoms with van der Waals surface area (Å²) in [7, 11) is 0. The lowest BCUT2D eigenvalue weighted by atomic mass is 10.2. The van der Waals surface area contributed by atoms with Crippen LogP contribution in [0.25, 0.3) is 0 Å². The molecule has 0 bridgehead atoms. The summed E-state index contributed by atoms with van der Waals surface area (Å²) >= 11 is 0. The number of unbranched alkanes of at least 4 members (excludes halogenated alkanes) is 2.